The molecule has 1 aliphatic rings. The predicted octanol–water partition coefficient (Wildman–Crippen LogP) is 3.42. The lowest BCUT2D eigenvalue weighted by atomic mass is 10.2. The minimum Gasteiger partial charge on any atom is -0.485 e. The summed E-state index contributed by atoms with van der Waals surface area (Å²) in [5, 5.41) is 3.31. The monoisotopic (exact) mass is 397 g/mol. The Kier molecular flexibility index (Phi) is 4.42. The Balaban J connectivity index is 1.81. The fraction of sp³-hybridized carbons (Fsp3) is 0.333. The number of para-hydroxylation sites is 2. The standard InChI is InChI=1S/C15H16IN3O2/c1-2-7-17-14-10(16)8-18-15(19-14)13-9-20-11-5-3-4-6-12(11)21-13/h3-6,8,13H,2,7,9H2,1H3,(H,17,18,19). The lowest BCUT2D eigenvalue weighted by molar-refractivity contribution is 0.0851. The van der Waals surface area contributed by atoms with Crippen LogP contribution in [-0.4, -0.2) is 23.1 Å². The number of hydrogen-bond acceptors (Lipinski definition) is 5. The van der Waals surface area contributed by atoms with E-state index in [9.17, 15) is 0 Å². The van der Waals surface area contributed by atoms with Crippen molar-refractivity contribution in [2.75, 3.05) is 18.5 Å². The number of hydrogen-bond donors (Lipinski definition) is 1. The summed E-state index contributed by atoms with van der Waals surface area (Å²) >= 11 is 2.23. The van der Waals surface area contributed by atoms with Crippen LogP contribution in [0.15, 0.2) is 30.5 Å². The van der Waals surface area contributed by atoms with E-state index in [0.29, 0.717) is 12.4 Å². The lowest BCUT2D eigenvalue weighted by Gasteiger charge is -2.25. The van der Waals surface area contributed by atoms with Crippen LogP contribution in [0.25, 0.3) is 0 Å². The minimum atomic E-state index is -0.279. The van der Waals surface area contributed by atoms with Crippen LogP contribution in [0.1, 0.15) is 25.3 Å². The van der Waals surface area contributed by atoms with Crippen molar-refractivity contribution in [2.24, 2.45) is 0 Å². The number of ether oxygens (including phenoxy) is 2. The van der Waals surface area contributed by atoms with Crippen molar-refractivity contribution in [3.05, 3.63) is 39.9 Å². The number of rotatable bonds is 4. The highest BCUT2D eigenvalue weighted by Crippen LogP contribution is 2.35. The summed E-state index contributed by atoms with van der Waals surface area (Å²) in [7, 11) is 0. The van der Waals surface area contributed by atoms with Crippen LogP contribution in [0, 0.1) is 3.57 Å². The zero-order chi connectivity index (χ0) is 14.7. The van der Waals surface area contributed by atoms with Gasteiger partial charge < -0.3 is 14.8 Å². The van der Waals surface area contributed by atoms with E-state index in [1.165, 1.54) is 0 Å². The maximum Gasteiger partial charge on any atom is 0.192 e. The van der Waals surface area contributed by atoms with E-state index in [1.54, 1.807) is 0 Å². The molecule has 0 spiro atoms. The first-order valence-electron chi connectivity index (χ1n) is 6.92. The maximum absolute atomic E-state index is 5.94. The van der Waals surface area contributed by atoms with E-state index < -0.39 is 0 Å². The molecule has 1 atom stereocenters. The molecule has 5 nitrogen and oxygen atoms in total. The summed E-state index contributed by atoms with van der Waals surface area (Å²) in [6, 6.07) is 7.64. The summed E-state index contributed by atoms with van der Waals surface area (Å²) in [6.07, 6.45) is 2.58. The summed E-state index contributed by atoms with van der Waals surface area (Å²) in [6.45, 7) is 3.43. The van der Waals surface area contributed by atoms with Crippen molar-refractivity contribution in [3.63, 3.8) is 0 Å². The molecule has 0 fully saturated rings. The molecule has 1 aromatic carbocycles. The predicted molar refractivity (Wildman–Crippen MR) is 88.8 cm³/mol. The molecule has 1 aromatic heterocycles. The molecule has 1 aliphatic heterocycles. The van der Waals surface area contributed by atoms with E-state index in [4.69, 9.17) is 9.47 Å². The van der Waals surface area contributed by atoms with Crippen LogP contribution < -0.4 is 14.8 Å². The Hall–Kier alpha value is -1.57. The minimum absolute atomic E-state index is 0.279. The van der Waals surface area contributed by atoms with Crippen LogP contribution in [0.5, 0.6) is 11.5 Å². The number of fused-ring (bicyclic) bond motifs is 1. The van der Waals surface area contributed by atoms with Crippen molar-refractivity contribution in [1.29, 1.82) is 0 Å². The molecule has 0 aliphatic carbocycles. The number of halogens is 1. The zero-order valence-corrected chi connectivity index (χ0v) is 13.8. The summed E-state index contributed by atoms with van der Waals surface area (Å²) < 4.78 is 12.7. The van der Waals surface area contributed by atoms with Gasteiger partial charge in [-0.2, -0.15) is 0 Å². The van der Waals surface area contributed by atoms with E-state index in [-0.39, 0.29) is 6.10 Å². The van der Waals surface area contributed by atoms with Crippen LogP contribution in [-0.2, 0) is 0 Å². The van der Waals surface area contributed by atoms with Gasteiger partial charge in [0.05, 0.1) is 3.57 Å². The molecule has 0 bridgehead atoms. The Morgan fingerprint density at radius 1 is 1.33 bits per heavy atom. The van der Waals surface area contributed by atoms with Gasteiger partial charge in [-0.1, -0.05) is 19.1 Å². The molecule has 6 heteroatoms. The van der Waals surface area contributed by atoms with Crippen LogP contribution >= 0.6 is 22.6 Å². The Morgan fingerprint density at radius 2 is 2.14 bits per heavy atom. The summed E-state index contributed by atoms with van der Waals surface area (Å²) in [5.41, 5.74) is 0. The molecule has 21 heavy (non-hydrogen) atoms. The van der Waals surface area contributed by atoms with Gasteiger partial charge in [-0.05, 0) is 41.1 Å². The second-order valence-electron chi connectivity index (χ2n) is 4.72. The van der Waals surface area contributed by atoms with E-state index in [0.717, 1.165) is 33.9 Å². The third kappa shape index (κ3) is 3.20. The fourth-order valence-electron chi connectivity index (χ4n) is 2.05. The molecule has 0 saturated carbocycles. The number of nitrogens with zero attached hydrogens (tertiary/aromatic N) is 2. The van der Waals surface area contributed by atoms with Crippen LogP contribution in [0.2, 0.25) is 0 Å². The highest BCUT2D eigenvalue weighted by atomic mass is 127. The molecule has 0 amide bonds. The molecule has 3 rings (SSSR count). The lowest BCUT2D eigenvalue weighted by Crippen LogP contribution is -2.24. The van der Waals surface area contributed by atoms with E-state index in [2.05, 4.69) is 44.8 Å². The number of aromatic nitrogens is 2. The van der Waals surface area contributed by atoms with Gasteiger partial charge in [0.15, 0.2) is 23.4 Å². The van der Waals surface area contributed by atoms with Crippen LogP contribution in [0.3, 0.4) is 0 Å². The third-order valence-electron chi connectivity index (χ3n) is 3.10. The molecule has 1 N–H and O–H groups in total. The quantitative estimate of drug-likeness (QED) is 0.802. The molecule has 2 heterocycles. The first-order chi connectivity index (χ1) is 10.3. The highest BCUT2D eigenvalue weighted by molar-refractivity contribution is 14.1. The average Bonchev–Trinajstić information content (AvgIpc) is 2.53. The number of anilines is 1. The van der Waals surface area contributed by atoms with Gasteiger partial charge in [0.2, 0.25) is 0 Å². The molecular formula is C15H16IN3O2. The largest absolute Gasteiger partial charge is 0.485 e. The van der Waals surface area contributed by atoms with Gasteiger partial charge in [0.1, 0.15) is 12.4 Å². The first-order valence-corrected chi connectivity index (χ1v) is 8.00. The average molecular weight is 397 g/mol. The van der Waals surface area contributed by atoms with Crippen molar-refractivity contribution < 1.29 is 9.47 Å². The van der Waals surface area contributed by atoms with Gasteiger partial charge in [-0.3, -0.25) is 0 Å². The third-order valence-corrected chi connectivity index (χ3v) is 3.89. The Labute approximate surface area is 137 Å². The van der Waals surface area contributed by atoms with Gasteiger partial charge in [-0.25, -0.2) is 9.97 Å². The van der Waals surface area contributed by atoms with Crippen LogP contribution in [0.4, 0.5) is 5.82 Å². The first kappa shape index (κ1) is 14.4. The zero-order valence-electron chi connectivity index (χ0n) is 11.7. The Bertz CT molecular complexity index is 636. The van der Waals surface area contributed by atoms with Crippen molar-refractivity contribution >= 4 is 28.4 Å². The summed E-state index contributed by atoms with van der Waals surface area (Å²) in [5.74, 6) is 3.00. The fourth-order valence-corrected chi connectivity index (χ4v) is 2.50. The second kappa shape index (κ2) is 6.46. The second-order valence-corrected chi connectivity index (χ2v) is 5.88. The van der Waals surface area contributed by atoms with E-state index in [1.807, 2.05) is 30.5 Å². The maximum atomic E-state index is 5.94. The van der Waals surface area contributed by atoms with Gasteiger partial charge in [-0.15, -0.1) is 0 Å². The molecular weight excluding hydrogens is 381 g/mol. The normalized spacial score (nSPS) is 16.6. The smallest absolute Gasteiger partial charge is 0.192 e. The number of benzene rings is 1. The Morgan fingerprint density at radius 3 is 2.95 bits per heavy atom. The topological polar surface area (TPSA) is 56.3 Å². The number of nitrogens with one attached hydrogen (secondary N) is 1. The van der Waals surface area contributed by atoms with E-state index >= 15 is 0 Å². The van der Waals surface area contributed by atoms with Crippen molar-refractivity contribution in [2.45, 2.75) is 19.4 Å². The molecule has 110 valence electrons. The van der Waals surface area contributed by atoms with Gasteiger partial charge >= 0.3 is 0 Å². The van der Waals surface area contributed by atoms with Gasteiger partial charge in [0.25, 0.3) is 0 Å². The van der Waals surface area contributed by atoms with Crippen molar-refractivity contribution in [3.8, 4) is 11.5 Å². The molecule has 1 unspecified atom stereocenters. The van der Waals surface area contributed by atoms with Gasteiger partial charge in [0, 0.05) is 12.7 Å². The molecule has 0 saturated heterocycles. The summed E-state index contributed by atoms with van der Waals surface area (Å²) in [4.78, 5) is 8.95. The SMILES string of the molecule is CCCNc1nc(C2COc3ccccc3O2)ncc1I. The highest BCUT2D eigenvalue weighted by Gasteiger charge is 2.25. The molecule has 0 radical (unpaired) electrons. The van der Waals surface area contributed by atoms with Crippen molar-refractivity contribution in [1.82, 2.24) is 9.97 Å². The molecule has 2 aromatic rings.